The molecule has 1 aromatic rings. The van der Waals surface area contributed by atoms with Crippen molar-refractivity contribution in [3.8, 4) is 11.5 Å². The topological polar surface area (TPSA) is 52.6 Å². The Kier molecular flexibility index (Phi) is 2.26. The molecule has 16 heavy (non-hydrogen) atoms. The highest BCUT2D eigenvalue weighted by atomic mass is 32.2. The molecule has 0 saturated carbocycles. The number of alkyl halides is 3. The van der Waals surface area contributed by atoms with E-state index in [1.807, 2.05) is 0 Å². The van der Waals surface area contributed by atoms with Gasteiger partial charge in [0.05, 0.1) is 4.90 Å². The summed E-state index contributed by atoms with van der Waals surface area (Å²) in [5, 5.41) is 0. The Balaban J connectivity index is 2.51. The second kappa shape index (κ2) is 3.27. The number of ether oxygens (including phenoxy) is 2. The standard InChI is InChI=1S/C8H5F3O4S/c9-8(10,11)16(12,13)5-1-2-6-7(3-5)15-4-14-6/h1-3H,4H2. The Hall–Kier alpha value is -1.44. The van der Waals surface area contributed by atoms with Crippen molar-refractivity contribution in [2.45, 2.75) is 10.4 Å². The Bertz CT molecular complexity index is 521. The Labute approximate surface area is 88.5 Å². The lowest BCUT2D eigenvalue weighted by atomic mass is 10.3. The van der Waals surface area contributed by atoms with E-state index in [4.69, 9.17) is 9.47 Å². The number of halogens is 3. The normalized spacial score (nSPS) is 15.2. The second-order valence-electron chi connectivity index (χ2n) is 2.96. The van der Waals surface area contributed by atoms with Crippen LogP contribution in [0.3, 0.4) is 0 Å². The summed E-state index contributed by atoms with van der Waals surface area (Å²) in [7, 11) is -5.33. The lowest BCUT2D eigenvalue weighted by Gasteiger charge is -2.08. The van der Waals surface area contributed by atoms with Crippen LogP contribution in [0, 0.1) is 0 Å². The van der Waals surface area contributed by atoms with E-state index < -0.39 is 20.2 Å². The van der Waals surface area contributed by atoms with Crippen LogP contribution >= 0.6 is 0 Å². The zero-order valence-corrected chi connectivity index (χ0v) is 8.43. The smallest absolute Gasteiger partial charge is 0.454 e. The first-order valence-electron chi connectivity index (χ1n) is 4.03. The molecule has 0 saturated heterocycles. The molecule has 0 atom stereocenters. The molecule has 1 aliphatic heterocycles. The molecular formula is C8H5F3O4S. The molecule has 2 rings (SSSR count). The van der Waals surface area contributed by atoms with Crippen LogP contribution in [0.25, 0.3) is 0 Å². The van der Waals surface area contributed by atoms with Crippen molar-refractivity contribution < 1.29 is 31.1 Å². The predicted octanol–water partition coefficient (Wildman–Crippen LogP) is 1.71. The van der Waals surface area contributed by atoms with Crippen LogP contribution < -0.4 is 9.47 Å². The van der Waals surface area contributed by atoms with Crippen molar-refractivity contribution in [1.29, 1.82) is 0 Å². The summed E-state index contributed by atoms with van der Waals surface area (Å²) in [5.41, 5.74) is -5.32. The zero-order chi connectivity index (χ0) is 12.0. The van der Waals surface area contributed by atoms with E-state index in [-0.39, 0.29) is 18.3 Å². The third kappa shape index (κ3) is 1.58. The van der Waals surface area contributed by atoms with Gasteiger partial charge in [-0.3, -0.25) is 0 Å². The van der Waals surface area contributed by atoms with Gasteiger partial charge in [-0.25, -0.2) is 8.42 Å². The molecule has 88 valence electrons. The van der Waals surface area contributed by atoms with Crippen molar-refractivity contribution in [3.05, 3.63) is 18.2 Å². The summed E-state index contributed by atoms with van der Waals surface area (Å²) >= 11 is 0. The van der Waals surface area contributed by atoms with Gasteiger partial charge in [-0.15, -0.1) is 0 Å². The fraction of sp³-hybridized carbons (Fsp3) is 0.250. The van der Waals surface area contributed by atoms with Crippen LogP contribution in [0.5, 0.6) is 11.5 Å². The average molecular weight is 254 g/mol. The first kappa shape index (κ1) is 11.1. The predicted molar refractivity (Wildman–Crippen MR) is 45.8 cm³/mol. The average Bonchev–Trinajstić information content (AvgIpc) is 2.61. The van der Waals surface area contributed by atoms with Gasteiger partial charge in [0.25, 0.3) is 9.84 Å². The van der Waals surface area contributed by atoms with Gasteiger partial charge in [-0.1, -0.05) is 0 Å². The molecule has 0 spiro atoms. The van der Waals surface area contributed by atoms with Crippen LogP contribution in [0.2, 0.25) is 0 Å². The molecule has 0 fully saturated rings. The van der Waals surface area contributed by atoms with E-state index >= 15 is 0 Å². The van der Waals surface area contributed by atoms with E-state index in [0.717, 1.165) is 18.2 Å². The number of rotatable bonds is 1. The Morgan fingerprint density at radius 1 is 1.12 bits per heavy atom. The minimum atomic E-state index is -5.33. The summed E-state index contributed by atoms with van der Waals surface area (Å²) < 4.78 is 68.3. The lowest BCUT2D eigenvalue weighted by Crippen LogP contribution is -2.23. The molecule has 4 nitrogen and oxygen atoms in total. The van der Waals surface area contributed by atoms with Crippen LogP contribution in [-0.4, -0.2) is 20.7 Å². The lowest BCUT2D eigenvalue weighted by molar-refractivity contribution is -0.0436. The summed E-state index contributed by atoms with van der Waals surface area (Å²) in [4.78, 5) is -0.857. The van der Waals surface area contributed by atoms with Crippen LogP contribution in [0.1, 0.15) is 0 Å². The van der Waals surface area contributed by atoms with E-state index in [0.29, 0.717) is 0 Å². The quantitative estimate of drug-likeness (QED) is 0.765. The fourth-order valence-corrected chi connectivity index (χ4v) is 1.95. The van der Waals surface area contributed by atoms with E-state index in [1.165, 1.54) is 0 Å². The van der Waals surface area contributed by atoms with Crippen molar-refractivity contribution >= 4 is 9.84 Å². The summed E-state index contributed by atoms with van der Waals surface area (Å²) in [6.45, 7) is -0.134. The monoisotopic (exact) mass is 254 g/mol. The van der Waals surface area contributed by atoms with Gasteiger partial charge < -0.3 is 9.47 Å². The van der Waals surface area contributed by atoms with E-state index in [9.17, 15) is 21.6 Å². The number of hydrogen-bond donors (Lipinski definition) is 0. The van der Waals surface area contributed by atoms with Gasteiger partial charge in [0.15, 0.2) is 11.5 Å². The maximum Gasteiger partial charge on any atom is 0.501 e. The van der Waals surface area contributed by atoms with Crippen LogP contribution in [0.4, 0.5) is 13.2 Å². The Morgan fingerprint density at radius 3 is 2.38 bits per heavy atom. The number of fused-ring (bicyclic) bond motifs is 1. The third-order valence-electron chi connectivity index (χ3n) is 1.96. The second-order valence-corrected chi connectivity index (χ2v) is 4.91. The molecule has 1 aliphatic rings. The van der Waals surface area contributed by atoms with Gasteiger partial charge in [0.1, 0.15) is 0 Å². The van der Waals surface area contributed by atoms with E-state index in [1.54, 1.807) is 0 Å². The molecule has 0 unspecified atom stereocenters. The summed E-state index contributed by atoms with van der Waals surface area (Å²) in [5.74, 6) is 0.214. The molecule has 8 heteroatoms. The minimum absolute atomic E-state index is 0.00896. The van der Waals surface area contributed by atoms with Crippen LogP contribution in [-0.2, 0) is 9.84 Å². The van der Waals surface area contributed by atoms with Crippen molar-refractivity contribution in [2.75, 3.05) is 6.79 Å². The molecule has 1 aromatic carbocycles. The summed E-state index contributed by atoms with van der Waals surface area (Å²) in [6.07, 6.45) is 0. The summed E-state index contributed by atoms with van der Waals surface area (Å²) in [6, 6.07) is 2.75. The highest BCUT2D eigenvalue weighted by Crippen LogP contribution is 2.37. The molecular weight excluding hydrogens is 249 g/mol. The molecule has 1 heterocycles. The first-order valence-corrected chi connectivity index (χ1v) is 5.52. The maximum atomic E-state index is 12.2. The molecule has 0 N–H and O–H groups in total. The van der Waals surface area contributed by atoms with Crippen molar-refractivity contribution in [1.82, 2.24) is 0 Å². The number of sulfone groups is 1. The number of benzene rings is 1. The highest BCUT2D eigenvalue weighted by molar-refractivity contribution is 7.92. The molecule has 0 aliphatic carbocycles. The van der Waals surface area contributed by atoms with Gasteiger partial charge in [-0.05, 0) is 12.1 Å². The van der Waals surface area contributed by atoms with Gasteiger partial charge >= 0.3 is 5.51 Å². The maximum absolute atomic E-state index is 12.2. The Morgan fingerprint density at radius 2 is 1.75 bits per heavy atom. The molecule has 0 aromatic heterocycles. The van der Waals surface area contributed by atoms with Gasteiger partial charge in [0.2, 0.25) is 6.79 Å². The number of hydrogen-bond acceptors (Lipinski definition) is 4. The van der Waals surface area contributed by atoms with Crippen molar-refractivity contribution in [3.63, 3.8) is 0 Å². The minimum Gasteiger partial charge on any atom is -0.454 e. The first-order chi connectivity index (χ1) is 7.32. The third-order valence-corrected chi connectivity index (χ3v) is 3.44. The molecule has 0 radical (unpaired) electrons. The highest BCUT2D eigenvalue weighted by Gasteiger charge is 2.47. The zero-order valence-electron chi connectivity index (χ0n) is 7.61. The largest absolute Gasteiger partial charge is 0.501 e. The molecule has 0 amide bonds. The van der Waals surface area contributed by atoms with Gasteiger partial charge in [-0.2, -0.15) is 13.2 Å². The van der Waals surface area contributed by atoms with E-state index in [2.05, 4.69) is 0 Å². The molecule has 0 bridgehead atoms. The fourth-order valence-electron chi connectivity index (χ4n) is 1.18. The van der Waals surface area contributed by atoms with Gasteiger partial charge in [0, 0.05) is 6.07 Å². The van der Waals surface area contributed by atoms with Crippen LogP contribution in [0.15, 0.2) is 23.1 Å². The van der Waals surface area contributed by atoms with Crippen molar-refractivity contribution in [2.24, 2.45) is 0 Å². The SMILES string of the molecule is O=S(=O)(c1ccc2c(c1)OCO2)C(F)(F)F.